The highest BCUT2D eigenvalue weighted by atomic mass is 35.5. The Bertz CT molecular complexity index is 402. The van der Waals surface area contributed by atoms with Gasteiger partial charge in [0.05, 0.1) is 10.6 Å². The van der Waals surface area contributed by atoms with Crippen LogP contribution in [0.25, 0.3) is 0 Å². The second-order valence-electron chi connectivity index (χ2n) is 3.05. The Kier molecular flexibility index (Phi) is 4.21. The molecule has 1 aromatic rings. The molecule has 0 heterocycles. The summed E-state index contributed by atoms with van der Waals surface area (Å²) >= 11 is 11.0. The average Bonchev–Trinajstić information content (AvgIpc) is 2.16. The summed E-state index contributed by atoms with van der Waals surface area (Å²) in [4.78, 5) is 11.4. The molecule has 0 bridgehead atoms. The molecule has 0 saturated heterocycles. The van der Waals surface area contributed by atoms with Crippen molar-refractivity contribution in [1.29, 1.82) is 0 Å². The fourth-order valence-corrected chi connectivity index (χ4v) is 1.60. The number of carbonyl (C=O) groups is 1. The highest BCUT2D eigenvalue weighted by molar-refractivity contribution is 6.34. The molecule has 0 aromatic heterocycles. The van der Waals surface area contributed by atoms with Crippen molar-refractivity contribution < 1.29 is 18.0 Å². The van der Waals surface area contributed by atoms with Crippen LogP contribution < -0.4 is 0 Å². The molecule has 0 radical (unpaired) electrons. The van der Waals surface area contributed by atoms with Gasteiger partial charge in [0.1, 0.15) is 0 Å². The van der Waals surface area contributed by atoms with E-state index in [0.29, 0.717) is 0 Å². The predicted molar refractivity (Wildman–Crippen MR) is 56.1 cm³/mol. The van der Waals surface area contributed by atoms with Crippen molar-refractivity contribution >= 4 is 29.0 Å². The van der Waals surface area contributed by atoms with E-state index >= 15 is 0 Å². The Morgan fingerprint density at radius 2 is 1.94 bits per heavy atom. The van der Waals surface area contributed by atoms with Crippen LogP contribution in [0.1, 0.15) is 22.3 Å². The fourth-order valence-electron chi connectivity index (χ4n) is 1.14. The maximum absolute atomic E-state index is 12.3. The molecular weight excluding hydrogens is 264 g/mol. The highest BCUT2D eigenvalue weighted by Gasteiger charge is 2.31. The van der Waals surface area contributed by atoms with Crippen LogP contribution in [0.15, 0.2) is 18.2 Å². The first-order valence-corrected chi connectivity index (χ1v) is 5.23. The Morgan fingerprint density at radius 3 is 2.38 bits per heavy atom. The summed E-state index contributed by atoms with van der Waals surface area (Å²) in [6, 6.07) is 2.64. The normalized spacial score (nSPS) is 11.6. The maximum Gasteiger partial charge on any atom is 0.416 e. The molecule has 1 nitrogen and oxygen atoms in total. The molecule has 0 amide bonds. The van der Waals surface area contributed by atoms with Crippen LogP contribution in [0.2, 0.25) is 5.02 Å². The summed E-state index contributed by atoms with van der Waals surface area (Å²) in [7, 11) is 0. The Hall–Kier alpha value is -0.740. The molecule has 0 unspecified atom stereocenters. The van der Waals surface area contributed by atoms with E-state index in [1.807, 2.05) is 0 Å². The van der Waals surface area contributed by atoms with Crippen molar-refractivity contribution in [3.63, 3.8) is 0 Å². The minimum absolute atomic E-state index is 0.0483. The van der Waals surface area contributed by atoms with Gasteiger partial charge in [-0.2, -0.15) is 13.2 Å². The van der Waals surface area contributed by atoms with Gasteiger partial charge in [-0.25, -0.2) is 0 Å². The first kappa shape index (κ1) is 13.3. The molecular formula is C10H7Cl2F3O. The van der Waals surface area contributed by atoms with Crippen molar-refractivity contribution in [1.82, 2.24) is 0 Å². The molecule has 0 aliphatic carbocycles. The molecule has 0 atom stereocenters. The second kappa shape index (κ2) is 5.06. The van der Waals surface area contributed by atoms with E-state index in [1.54, 1.807) is 0 Å². The van der Waals surface area contributed by atoms with Gasteiger partial charge in [-0.05, 0) is 18.2 Å². The van der Waals surface area contributed by atoms with Crippen LogP contribution in [-0.4, -0.2) is 11.7 Å². The van der Waals surface area contributed by atoms with Gasteiger partial charge < -0.3 is 0 Å². The SMILES string of the molecule is O=C(CCCl)c1ccc(C(F)(F)F)cc1Cl. The predicted octanol–water partition coefficient (Wildman–Crippen LogP) is 4.17. The zero-order valence-corrected chi connectivity index (χ0v) is 9.46. The zero-order chi connectivity index (χ0) is 12.3. The number of hydrogen-bond acceptors (Lipinski definition) is 1. The summed E-state index contributed by atoms with van der Waals surface area (Å²) in [5, 5.41) is -0.204. The molecule has 6 heteroatoms. The zero-order valence-electron chi connectivity index (χ0n) is 7.94. The number of alkyl halides is 4. The molecule has 0 aliphatic rings. The van der Waals surface area contributed by atoms with E-state index in [0.717, 1.165) is 18.2 Å². The number of benzene rings is 1. The van der Waals surface area contributed by atoms with Gasteiger partial charge in [-0.3, -0.25) is 4.79 Å². The van der Waals surface area contributed by atoms with Gasteiger partial charge in [0.25, 0.3) is 0 Å². The number of carbonyl (C=O) groups excluding carboxylic acids is 1. The van der Waals surface area contributed by atoms with Crippen LogP contribution in [0.5, 0.6) is 0 Å². The summed E-state index contributed by atoms with van der Waals surface area (Å²) < 4.78 is 36.9. The molecule has 0 aliphatic heterocycles. The van der Waals surface area contributed by atoms with Crippen LogP contribution in [-0.2, 0) is 6.18 Å². The summed E-state index contributed by atoms with van der Waals surface area (Å²) in [5.41, 5.74) is -0.810. The van der Waals surface area contributed by atoms with Crippen molar-refractivity contribution in [2.45, 2.75) is 12.6 Å². The Morgan fingerprint density at radius 1 is 1.31 bits per heavy atom. The molecule has 1 aromatic carbocycles. The number of ketones is 1. The van der Waals surface area contributed by atoms with Crippen molar-refractivity contribution in [2.24, 2.45) is 0 Å². The largest absolute Gasteiger partial charge is 0.416 e. The summed E-state index contributed by atoms with van der Waals surface area (Å²) in [6.45, 7) is 0. The van der Waals surface area contributed by atoms with Gasteiger partial charge in [0.15, 0.2) is 5.78 Å². The van der Waals surface area contributed by atoms with E-state index in [9.17, 15) is 18.0 Å². The highest BCUT2D eigenvalue weighted by Crippen LogP contribution is 2.32. The van der Waals surface area contributed by atoms with E-state index in [-0.39, 0.29) is 28.7 Å². The fraction of sp³-hybridized carbons (Fsp3) is 0.300. The molecule has 0 N–H and O–H groups in total. The number of halogens is 5. The number of rotatable bonds is 3. The van der Waals surface area contributed by atoms with E-state index in [1.165, 1.54) is 0 Å². The lowest BCUT2D eigenvalue weighted by Gasteiger charge is -2.08. The van der Waals surface area contributed by atoms with Crippen molar-refractivity contribution in [2.75, 3.05) is 5.88 Å². The van der Waals surface area contributed by atoms with Crippen LogP contribution >= 0.6 is 23.2 Å². The van der Waals surface area contributed by atoms with Gasteiger partial charge in [-0.1, -0.05) is 11.6 Å². The average molecular weight is 271 g/mol. The first-order valence-electron chi connectivity index (χ1n) is 4.32. The molecule has 88 valence electrons. The third-order valence-electron chi connectivity index (χ3n) is 1.92. The van der Waals surface area contributed by atoms with Crippen LogP contribution in [0.4, 0.5) is 13.2 Å². The quantitative estimate of drug-likeness (QED) is 0.595. The third kappa shape index (κ3) is 3.12. The lowest BCUT2D eigenvalue weighted by molar-refractivity contribution is -0.137. The molecule has 0 saturated carbocycles. The van der Waals surface area contributed by atoms with Gasteiger partial charge >= 0.3 is 6.18 Å². The van der Waals surface area contributed by atoms with Crippen molar-refractivity contribution in [3.8, 4) is 0 Å². The minimum atomic E-state index is -4.46. The van der Waals surface area contributed by atoms with Crippen molar-refractivity contribution in [3.05, 3.63) is 34.3 Å². The topological polar surface area (TPSA) is 17.1 Å². The summed E-state index contributed by atoms with van der Waals surface area (Å²) in [6.07, 6.45) is -4.41. The third-order valence-corrected chi connectivity index (χ3v) is 2.42. The molecule has 16 heavy (non-hydrogen) atoms. The van der Waals surface area contributed by atoms with Crippen LogP contribution in [0.3, 0.4) is 0 Å². The van der Waals surface area contributed by atoms with Crippen LogP contribution in [0, 0.1) is 0 Å². The molecule has 0 fully saturated rings. The maximum atomic E-state index is 12.3. The molecule has 1 rings (SSSR count). The van der Waals surface area contributed by atoms with Gasteiger partial charge in [0.2, 0.25) is 0 Å². The smallest absolute Gasteiger partial charge is 0.294 e. The Balaban J connectivity index is 3.05. The first-order chi connectivity index (χ1) is 7.36. The van der Waals surface area contributed by atoms with E-state index in [4.69, 9.17) is 23.2 Å². The standard InChI is InChI=1S/C10H7Cl2F3O/c11-4-3-9(16)7-2-1-6(5-8(7)12)10(13,14)15/h1-2,5H,3-4H2. The van der Waals surface area contributed by atoms with E-state index < -0.39 is 11.7 Å². The van der Waals surface area contributed by atoms with Gasteiger partial charge in [-0.15, -0.1) is 11.6 Å². The summed E-state index contributed by atoms with van der Waals surface area (Å²) in [5.74, 6) is -0.260. The lowest BCUT2D eigenvalue weighted by Crippen LogP contribution is -2.07. The van der Waals surface area contributed by atoms with Gasteiger partial charge in [0, 0.05) is 17.9 Å². The Labute approximate surface area is 100 Å². The second-order valence-corrected chi connectivity index (χ2v) is 3.84. The molecule has 0 spiro atoms. The lowest BCUT2D eigenvalue weighted by atomic mass is 10.1. The van der Waals surface area contributed by atoms with E-state index in [2.05, 4.69) is 0 Å². The number of hydrogen-bond donors (Lipinski definition) is 0. The minimum Gasteiger partial charge on any atom is -0.294 e. The number of Topliss-reactive ketones (excluding diaryl/α,β-unsaturated/α-hetero) is 1. The monoisotopic (exact) mass is 270 g/mol.